The number of nitrogens with one attached hydrogen (secondary N) is 1. The summed E-state index contributed by atoms with van der Waals surface area (Å²) < 4.78 is 41.2. The van der Waals surface area contributed by atoms with Crippen LogP contribution in [0, 0.1) is 6.92 Å². The molecule has 0 amide bonds. The molecular weight excluding hydrogens is 509 g/mol. The molecule has 12 heteroatoms. The van der Waals surface area contributed by atoms with Gasteiger partial charge in [-0.25, -0.2) is 14.2 Å². The number of carboxylic acids is 1. The van der Waals surface area contributed by atoms with Gasteiger partial charge in [0.2, 0.25) is 5.95 Å². The first kappa shape index (κ1) is 24.2. The minimum Gasteiger partial charge on any atom is -0.481 e. The van der Waals surface area contributed by atoms with Crippen molar-refractivity contribution in [2.24, 2.45) is 0 Å². The van der Waals surface area contributed by atoms with E-state index in [0.717, 1.165) is 16.2 Å². The zero-order valence-electron chi connectivity index (χ0n) is 17.2. The van der Waals surface area contributed by atoms with E-state index in [9.17, 15) is 27.6 Å². The molecule has 0 radical (unpaired) electrons. The summed E-state index contributed by atoms with van der Waals surface area (Å²) in [6.45, 7) is 1.42. The minimum atomic E-state index is -4.63. The summed E-state index contributed by atoms with van der Waals surface area (Å²) in [7, 11) is 0. The van der Waals surface area contributed by atoms with Crippen LogP contribution in [0.25, 0.3) is 0 Å². The van der Waals surface area contributed by atoms with Crippen LogP contribution in [-0.2, 0) is 24.1 Å². The van der Waals surface area contributed by atoms with E-state index in [0.29, 0.717) is 10.1 Å². The third-order valence-corrected chi connectivity index (χ3v) is 5.57. The maximum absolute atomic E-state index is 13.3. The number of carbonyl (C=O) groups is 1. The highest BCUT2D eigenvalue weighted by Crippen LogP contribution is 2.39. The Hall–Kier alpha value is -3.41. The van der Waals surface area contributed by atoms with Crippen molar-refractivity contribution in [3.05, 3.63) is 84.6 Å². The van der Waals surface area contributed by atoms with Crippen molar-refractivity contribution >= 4 is 33.5 Å². The quantitative estimate of drug-likeness (QED) is 0.485. The van der Waals surface area contributed by atoms with Crippen LogP contribution >= 0.6 is 15.9 Å². The number of nitrogens with zero attached hydrogens (tertiary/aromatic N) is 3. The number of aromatic nitrogens is 3. The van der Waals surface area contributed by atoms with Crippen LogP contribution < -0.4 is 16.7 Å². The summed E-state index contributed by atoms with van der Waals surface area (Å²) in [4.78, 5) is 40.2. The van der Waals surface area contributed by atoms with Gasteiger partial charge in [0, 0.05) is 6.54 Å². The van der Waals surface area contributed by atoms with E-state index in [1.807, 2.05) is 19.1 Å². The van der Waals surface area contributed by atoms with Crippen LogP contribution in [0.4, 0.5) is 24.8 Å². The molecule has 0 saturated heterocycles. The minimum absolute atomic E-state index is 0.0572. The summed E-state index contributed by atoms with van der Waals surface area (Å²) in [6, 6.07) is 10.5. The van der Waals surface area contributed by atoms with Gasteiger partial charge in [-0.2, -0.15) is 18.2 Å². The third kappa shape index (κ3) is 5.69. The van der Waals surface area contributed by atoms with Crippen molar-refractivity contribution in [1.29, 1.82) is 0 Å². The van der Waals surface area contributed by atoms with Gasteiger partial charge in [0.05, 0.1) is 28.7 Å². The Bertz CT molecular complexity index is 1300. The average molecular weight is 527 g/mol. The molecule has 0 aliphatic carbocycles. The Balaban J connectivity index is 2.12. The predicted molar refractivity (Wildman–Crippen MR) is 118 cm³/mol. The Kier molecular flexibility index (Phi) is 7.06. The molecule has 0 spiro atoms. The van der Waals surface area contributed by atoms with Crippen LogP contribution in [0.2, 0.25) is 0 Å². The molecule has 0 saturated carbocycles. The van der Waals surface area contributed by atoms with E-state index in [1.54, 1.807) is 12.1 Å². The Morgan fingerprint density at radius 1 is 1.12 bits per heavy atom. The van der Waals surface area contributed by atoms with E-state index in [1.165, 1.54) is 12.1 Å². The number of aryl methyl sites for hydroxylation is 1. The van der Waals surface area contributed by atoms with Crippen LogP contribution in [0.3, 0.4) is 0 Å². The van der Waals surface area contributed by atoms with Crippen LogP contribution in [-0.4, -0.2) is 25.2 Å². The van der Waals surface area contributed by atoms with Gasteiger partial charge in [0.15, 0.2) is 0 Å². The monoisotopic (exact) mass is 526 g/mol. The van der Waals surface area contributed by atoms with Crippen molar-refractivity contribution in [3.63, 3.8) is 0 Å². The van der Waals surface area contributed by atoms with Gasteiger partial charge < -0.3 is 10.4 Å². The van der Waals surface area contributed by atoms with Crippen molar-refractivity contribution in [1.82, 2.24) is 14.1 Å². The normalized spacial score (nSPS) is 11.4. The van der Waals surface area contributed by atoms with Gasteiger partial charge in [0.1, 0.15) is 0 Å². The highest BCUT2D eigenvalue weighted by atomic mass is 79.9. The number of aliphatic carboxylic acids is 1. The van der Waals surface area contributed by atoms with Gasteiger partial charge in [-0.05, 0) is 40.5 Å². The number of alkyl halides is 3. The predicted octanol–water partition coefficient (Wildman–Crippen LogP) is 3.76. The lowest BCUT2D eigenvalue weighted by Crippen LogP contribution is -2.43. The van der Waals surface area contributed by atoms with E-state index in [4.69, 9.17) is 5.11 Å². The fourth-order valence-electron chi connectivity index (χ4n) is 3.01. The highest BCUT2D eigenvalue weighted by Gasteiger charge is 2.33. The fraction of sp³-hybridized carbons (Fsp3) is 0.238. The maximum Gasteiger partial charge on any atom is 0.417 e. The lowest BCUT2D eigenvalue weighted by atomic mass is 10.1. The first-order valence-corrected chi connectivity index (χ1v) is 10.4. The second-order valence-electron chi connectivity index (χ2n) is 7.16. The van der Waals surface area contributed by atoms with E-state index < -0.39 is 42.1 Å². The molecule has 0 fully saturated rings. The first-order chi connectivity index (χ1) is 15.5. The zero-order valence-corrected chi connectivity index (χ0v) is 18.8. The Morgan fingerprint density at radius 3 is 2.39 bits per heavy atom. The first-order valence-electron chi connectivity index (χ1n) is 9.59. The largest absolute Gasteiger partial charge is 0.481 e. The molecular formula is C21H18BrF3N4O4. The van der Waals surface area contributed by atoms with Crippen molar-refractivity contribution in [3.8, 4) is 0 Å². The standard InChI is InChI=1S/C21H18BrF3N4O4/c1-12-5-7-13(8-6-12)11-29-18(27-19(32)28(20(29)33)10-9-16(30)31)26-15-4-2-3-14(17(15)22)21(23,24)25/h2-8H,9-11H2,1H3,(H,30,31)(H,26,27,32). The van der Waals surface area contributed by atoms with Crippen LogP contribution in [0.5, 0.6) is 0 Å². The van der Waals surface area contributed by atoms with Crippen LogP contribution in [0.1, 0.15) is 23.1 Å². The van der Waals surface area contributed by atoms with Crippen molar-refractivity contribution in [2.75, 3.05) is 5.32 Å². The third-order valence-electron chi connectivity index (χ3n) is 4.71. The lowest BCUT2D eigenvalue weighted by molar-refractivity contribution is -0.138. The highest BCUT2D eigenvalue weighted by molar-refractivity contribution is 9.10. The number of carboxylic acid groups (broad SMARTS) is 1. The summed E-state index contributed by atoms with van der Waals surface area (Å²) in [5.74, 6) is -1.49. The molecule has 2 N–H and O–H groups in total. The van der Waals surface area contributed by atoms with Gasteiger partial charge >= 0.3 is 23.5 Å². The van der Waals surface area contributed by atoms with Gasteiger partial charge in [-0.3, -0.25) is 9.36 Å². The fourth-order valence-corrected chi connectivity index (χ4v) is 3.60. The molecule has 174 valence electrons. The number of hydrogen-bond donors (Lipinski definition) is 2. The number of hydrogen-bond acceptors (Lipinski definition) is 5. The molecule has 0 aliphatic rings. The molecule has 8 nitrogen and oxygen atoms in total. The van der Waals surface area contributed by atoms with Crippen molar-refractivity contribution < 1.29 is 23.1 Å². The SMILES string of the molecule is Cc1ccc(Cn2c(Nc3cccc(C(F)(F)F)c3Br)nc(=O)n(CCC(=O)O)c2=O)cc1. The molecule has 3 rings (SSSR count). The molecule has 0 aliphatic heterocycles. The summed E-state index contributed by atoms with van der Waals surface area (Å²) in [6.07, 6.45) is -5.11. The maximum atomic E-state index is 13.3. The van der Waals surface area contributed by atoms with E-state index in [-0.39, 0.29) is 22.7 Å². The average Bonchev–Trinajstić information content (AvgIpc) is 2.72. The van der Waals surface area contributed by atoms with Gasteiger partial charge in [-0.15, -0.1) is 0 Å². The van der Waals surface area contributed by atoms with E-state index >= 15 is 0 Å². The Morgan fingerprint density at radius 2 is 1.79 bits per heavy atom. The molecule has 0 unspecified atom stereocenters. The topological polar surface area (TPSA) is 106 Å². The molecule has 33 heavy (non-hydrogen) atoms. The van der Waals surface area contributed by atoms with E-state index in [2.05, 4.69) is 26.2 Å². The smallest absolute Gasteiger partial charge is 0.417 e. The number of anilines is 2. The van der Waals surface area contributed by atoms with Crippen molar-refractivity contribution in [2.45, 2.75) is 32.6 Å². The Labute approximate surface area is 193 Å². The number of rotatable bonds is 7. The number of benzene rings is 2. The second-order valence-corrected chi connectivity index (χ2v) is 7.95. The number of halogens is 4. The second kappa shape index (κ2) is 9.61. The summed E-state index contributed by atoms with van der Waals surface area (Å²) in [5.41, 5.74) is -1.23. The zero-order chi connectivity index (χ0) is 24.3. The molecule has 1 aromatic heterocycles. The molecule has 0 bridgehead atoms. The van der Waals surface area contributed by atoms with Gasteiger partial charge in [-0.1, -0.05) is 35.9 Å². The molecule has 1 heterocycles. The lowest BCUT2D eigenvalue weighted by Gasteiger charge is -2.17. The molecule has 0 atom stereocenters. The summed E-state index contributed by atoms with van der Waals surface area (Å²) >= 11 is 2.92. The summed E-state index contributed by atoms with van der Waals surface area (Å²) in [5, 5.41) is 11.5. The van der Waals surface area contributed by atoms with Gasteiger partial charge in [0.25, 0.3) is 0 Å². The molecule has 3 aromatic rings. The molecule has 2 aromatic carbocycles. The van der Waals surface area contributed by atoms with Crippen LogP contribution in [0.15, 0.2) is 56.5 Å².